The van der Waals surface area contributed by atoms with E-state index in [1.54, 1.807) is 24.3 Å². The van der Waals surface area contributed by atoms with Crippen molar-refractivity contribution in [3.63, 3.8) is 0 Å². The van der Waals surface area contributed by atoms with Crippen LogP contribution in [-0.2, 0) is 10.4 Å². The van der Waals surface area contributed by atoms with Crippen LogP contribution in [-0.4, -0.2) is 23.9 Å². The van der Waals surface area contributed by atoms with Crippen molar-refractivity contribution in [3.05, 3.63) is 59.4 Å². The standard InChI is InChI=1S/C17H14FNO4/c1-23-15-5-3-2-4-11(15)14(20)9-17(22)12-8-10(18)6-7-13(12)19-16(17)21/h2-8,22H,9H2,1H3,(H,19,21)/t17-/m0/s1. The smallest absolute Gasteiger partial charge is 0.261 e. The third-order valence-corrected chi connectivity index (χ3v) is 3.87. The summed E-state index contributed by atoms with van der Waals surface area (Å²) in [5, 5.41) is 13.2. The number of aliphatic hydroxyl groups is 1. The first-order chi connectivity index (χ1) is 11.0. The molecule has 0 fully saturated rings. The highest BCUT2D eigenvalue weighted by Gasteiger charge is 2.47. The van der Waals surface area contributed by atoms with Crippen molar-refractivity contribution in [1.29, 1.82) is 0 Å². The second-order valence-corrected chi connectivity index (χ2v) is 5.30. The lowest BCUT2D eigenvalue weighted by atomic mass is 9.88. The van der Waals surface area contributed by atoms with E-state index < -0.39 is 29.5 Å². The number of anilines is 1. The normalized spacial score (nSPS) is 19.2. The molecule has 1 aliphatic heterocycles. The van der Waals surface area contributed by atoms with Crippen LogP contribution in [0.15, 0.2) is 42.5 Å². The average Bonchev–Trinajstić information content (AvgIpc) is 2.78. The van der Waals surface area contributed by atoms with Gasteiger partial charge in [0.2, 0.25) is 0 Å². The zero-order valence-corrected chi connectivity index (χ0v) is 12.3. The third-order valence-electron chi connectivity index (χ3n) is 3.87. The van der Waals surface area contributed by atoms with Gasteiger partial charge in [-0.2, -0.15) is 0 Å². The first kappa shape index (κ1) is 15.2. The second kappa shape index (κ2) is 5.48. The summed E-state index contributed by atoms with van der Waals surface area (Å²) in [6.07, 6.45) is -0.504. The molecule has 118 valence electrons. The summed E-state index contributed by atoms with van der Waals surface area (Å²) in [7, 11) is 1.42. The number of hydrogen-bond donors (Lipinski definition) is 2. The van der Waals surface area contributed by atoms with Crippen LogP contribution in [0.4, 0.5) is 10.1 Å². The van der Waals surface area contributed by atoms with Crippen LogP contribution < -0.4 is 10.1 Å². The fourth-order valence-corrected chi connectivity index (χ4v) is 2.69. The largest absolute Gasteiger partial charge is 0.496 e. The quantitative estimate of drug-likeness (QED) is 0.849. The minimum atomic E-state index is -2.10. The molecule has 0 aliphatic carbocycles. The van der Waals surface area contributed by atoms with E-state index >= 15 is 0 Å². The van der Waals surface area contributed by atoms with E-state index in [0.717, 1.165) is 6.07 Å². The van der Waals surface area contributed by atoms with E-state index in [4.69, 9.17) is 4.74 Å². The van der Waals surface area contributed by atoms with Gasteiger partial charge >= 0.3 is 0 Å². The predicted molar refractivity (Wildman–Crippen MR) is 80.9 cm³/mol. The van der Waals surface area contributed by atoms with E-state index in [0.29, 0.717) is 11.4 Å². The summed E-state index contributed by atoms with van der Waals surface area (Å²) in [5.74, 6) is -1.47. The lowest BCUT2D eigenvalue weighted by molar-refractivity contribution is -0.133. The van der Waals surface area contributed by atoms with Crippen LogP contribution in [0.2, 0.25) is 0 Å². The highest BCUT2D eigenvalue weighted by Crippen LogP contribution is 2.39. The number of benzene rings is 2. The number of carbonyl (C=O) groups excluding carboxylic acids is 2. The van der Waals surface area contributed by atoms with Crippen LogP contribution >= 0.6 is 0 Å². The SMILES string of the molecule is COc1ccccc1C(=O)C[C@@]1(O)C(=O)Nc2ccc(F)cc21. The molecule has 0 saturated heterocycles. The van der Waals surface area contributed by atoms with Crippen molar-refractivity contribution in [1.82, 2.24) is 0 Å². The number of rotatable bonds is 4. The minimum absolute atomic E-state index is 0.0609. The Bertz CT molecular complexity index is 805. The highest BCUT2D eigenvalue weighted by atomic mass is 19.1. The van der Waals surface area contributed by atoms with E-state index in [-0.39, 0.29) is 11.1 Å². The van der Waals surface area contributed by atoms with Gasteiger partial charge in [-0.1, -0.05) is 12.1 Å². The molecule has 2 N–H and O–H groups in total. The molecule has 1 atom stereocenters. The first-order valence-corrected chi connectivity index (χ1v) is 6.96. The van der Waals surface area contributed by atoms with Crippen molar-refractivity contribution < 1.29 is 23.8 Å². The van der Waals surface area contributed by atoms with Crippen LogP contribution in [0.5, 0.6) is 5.75 Å². The molecule has 3 rings (SSSR count). The maximum atomic E-state index is 13.5. The van der Waals surface area contributed by atoms with Crippen LogP contribution in [0.3, 0.4) is 0 Å². The van der Waals surface area contributed by atoms with Crippen molar-refractivity contribution in [2.24, 2.45) is 0 Å². The van der Waals surface area contributed by atoms with Gasteiger partial charge in [-0.3, -0.25) is 9.59 Å². The molecule has 23 heavy (non-hydrogen) atoms. The number of halogens is 1. The van der Waals surface area contributed by atoms with Gasteiger partial charge in [0.1, 0.15) is 11.6 Å². The molecular formula is C17H14FNO4. The summed E-state index contributed by atoms with van der Waals surface area (Å²) in [6.45, 7) is 0. The van der Waals surface area contributed by atoms with Gasteiger partial charge in [0, 0.05) is 11.3 Å². The molecule has 0 unspecified atom stereocenters. The third kappa shape index (κ3) is 2.47. The van der Waals surface area contributed by atoms with Crippen LogP contribution in [0, 0.1) is 5.82 Å². The number of fused-ring (bicyclic) bond motifs is 1. The van der Waals surface area contributed by atoms with E-state index in [1.807, 2.05) is 0 Å². The number of nitrogens with one attached hydrogen (secondary N) is 1. The molecular weight excluding hydrogens is 301 g/mol. The maximum absolute atomic E-state index is 13.5. The number of carbonyl (C=O) groups is 2. The fourth-order valence-electron chi connectivity index (χ4n) is 2.69. The van der Waals surface area contributed by atoms with Crippen molar-refractivity contribution in [3.8, 4) is 5.75 Å². The number of amides is 1. The first-order valence-electron chi connectivity index (χ1n) is 6.96. The molecule has 2 aromatic rings. The van der Waals surface area contributed by atoms with Gasteiger partial charge in [-0.15, -0.1) is 0 Å². The van der Waals surface area contributed by atoms with Gasteiger partial charge in [-0.25, -0.2) is 4.39 Å². The lowest BCUT2D eigenvalue weighted by Crippen LogP contribution is -2.36. The summed E-state index contributed by atoms with van der Waals surface area (Å²) in [6, 6.07) is 10.1. The lowest BCUT2D eigenvalue weighted by Gasteiger charge is -2.20. The van der Waals surface area contributed by atoms with E-state index in [2.05, 4.69) is 5.32 Å². The molecule has 1 amide bonds. The number of ketones is 1. The van der Waals surface area contributed by atoms with Gasteiger partial charge in [0.05, 0.1) is 19.1 Å². The Labute approximate surface area is 131 Å². The van der Waals surface area contributed by atoms with Crippen LogP contribution in [0.1, 0.15) is 22.3 Å². The van der Waals surface area contributed by atoms with Crippen molar-refractivity contribution in [2.75, 3.05) is 12.4 Å². The maximum Gasteiger partial charge on any atom is 0.261 e. The molecule has 1 heterocycles. The summed E-state index contributed by atoms with van der Waals surface area (Å²) >= 11 is 0. The number of Topliss-reactive ketones (excluding diaryl/α,β-unsaturated/α-hetero) is 1. The van der Waals surface area contributed by atoms with Crippen LogP contribution in [0.25, 0.3) is 0 Å². The number of hydrogen-bond acceptors (Lipinski definition) is 4. The van der Waals surface area contributed by atoms with Crippen molar-refractivity contribution >= 4 is 17.4 Å². The molecule has 0 radical (unpaired) electrons. The highest BCUT2D eigenvalue weighted by molar-refractivity contribution is 6.09. The number of ether oxygens (including phenoxy) is 1. The molecule has 0 saturated carbocycles. The number of para-hydroxylation sites is 1. The monoisotopic (exact) mass is 315 g/mol. The van der Waals surface area contributed by atoms with Gasteiger partial charge in [-0.05, 0) is 30.3 Å². The van der Waals surface area contributed by atoms with Gasteiger partial charge in [0.15, 0.2) is 11.4 Å². The average molecular weight is 315 g/mol. The van der Waals surface area contributed by atoms with Gasteiger partial charge < -0.3 is 15.2 Å². The summed E-state index contributed by atoms with van der Waals surface area (Å²) in [4.78, 5) is 24.6. The van der Waals surface area contributed by atoms with E-state index in [9.17, 15) is 19.1 Å². The van der Waals surface area contributed by atoms with Crippen molar-refractivity contribution in [2.45, 2.75) is 12.0 Å². The Morgan fingerprint density at radius 1 is 1.30 bits per heavy atom. The Morgan fingerprint density at radius 2 is 2.04 bits per heavy atom. The molecule has 0 bridgehead atoms. The summed E-state index contributed by atoms with van der Waals surface area (Å²) in [5.41, 5.74) is -1.49. The number of methoxy groups -OCH3 is 1. The molecule has 0 aromatic heterocycles. The zero-order valence-electron chi connectivity index (χ0n) is 12.3. The fraction of sp³-hybridized carbons (Fsp3) is 0.176. The minimum Gasteiger partial charge on any atom is -0.496 e. The Morgan fingerprint density at radius 3 is 2.78 bits per heavy atom. The summed E-state index contributed by atoms with van der Waals surface area (Å²) < 4.78 is 18.6. The van der Waals surface area contributed by atoms with Gasteiger partial charge in [0.25, 0.3) is 5.91 Å². The molecule has 6 heteroatoms. The Kier molecular flexibility index (Phi) is 3.61. The molecule has 2 aromatic carbocycles. The second-order valence-electron chi connectivity index (χ2n) is 5.30. The van der Waals surface area contributed by atoms with E-state index in [1.165, 1.54) is 19.2 Å². The molecule has 0 spiro atoms. The zero-order chi connectivity index (χ0) is 16.6. The topological polar surface area (TPSA) is 75.6 Å². The Balaban J connectivity index is 1.98. The predicted octanol–water partition coefficient (Wildman–Crippen LogP) is 2.25. The molecule has 5 nitrogen and oxygen atoms in total. The Hall–Kier alpha value is -2.73. The molecule has 1 aliphatic rings.